The highest BCUT2D eigenvalue weighted by molar-refractivity contribution is 7.99. The molecule has 2 unspecified atom stereocenters. The number of thioether (sulfide) groups is 1. The summed E-state index contributed by atoms with van der Waals surface area (Å²) in [5.74, 6) is 3.45. The molecule has 1 N–H and O–H groups in total. The third-order valence-electron chi connectivity index (χ3n) is 3.75. The van der Waals surface area contributed by atoms with Crippen LogP contribution in [0.2, 0.25) is 0 Å². The summed E-state index contributed by atoms with van der Waals surface area (Å²) >= 11 is 2.10. The molecule has 1 aliphatic rings. The van der Waals surface area contributed by atoms with Crippen LogP contribution in [0.4, 0.5) is 0 Å². The first-order valence-corrected chi connectivity index (χ1v) is 7.76. The number of nitrogens with one attached hydrogen (secondary N) is 1. The monoisotopic (exact) mass is 249 g/mol. The van der Waals surface area contributed by atoms with Gasteiger partial charge in [0.05, 0.1) is 0 Å². The summed E-state index contributed by atoms with van der Waals surface area (Å²) in [6.07, 6.45) is 1.36. The van der Waals surface area contributed by atoms with E-state index in [1.165, 1.54) is 34.6 Å². The van der Waals surface area contributed by atoms with Crippen LogP contribution >= 0.6 is 11.8 Å². The number of benzene rings is 1. The Morgan fingerprint density at radius 3 is 2.76 bits per heavy atom. The second-order valence-corrected chi connectivity index (χ2v) is 6.15. The van der Waals surface area contributed by atoms with Gasteiger partial charge in [-0.15, -0.1) is 0 Å². The van der Waals surface area contributed by atoms with Gasteiger partial charge < -0.3 is 5.32 Å². The average molecular weight is 249 g/mol. The van der Waals surface area contributed by atoms with Crippen molar-refractivity contribution in [1.82, 2.24) is 5.32 Å². The Kier molecular flexibility index (Phi) is 4.52. The molecule has 0 aromatic heterocycles. The van der Waals surface area contributed by atoms with Gasteiger partial charge in [-0.1, -0.05) is 25.1 Å². The summed E-state index contributed by atoms with van der Waals surface area (Å²) in [5.41, 5.74) is 4.28. The molecule has 0 aliphatic carbocycles. The molecule has 0 saturated carbocycles. The zero-order valence-electron chi connectivity index (χ0n) is 11.1. The van der Waals surface area contributed by atoms with Gasteiger partial charge in [-0.05, 0) is 60.9 Å². The van der Waals surface area contributed by atoms with E-state index in [9.17, 15) is 0 Å². The highest BCUT2D eigenvalue weighted by atomic mass is 32.2. The maximum Gasteiger partial charge on any atom is 0.0356 e. The molecule has 1 aromatic rings. The lowest BCUT2D eigenvalue weighted by Gasteiger charge is -2.25. The molecule has 1 aliphatic heterocycles. The Balaban J connectivity index is 2.21. The number of hydrogen-bond acceptors (Lipinski definition) is 2. The fourth-order valence-electron chi connectivity index (χ4n) is 2.55. The zero-order valence-corrected chi connectivity index (χ0v) is 11.9. The second kappa shape index (κ2) is 5.92. The molecule has 2 atom stereocenters. The van der Waals surface area contributed by atoms with Gasteiger partial charge in [0.25, 0.3) is 0 Å². The van der Waals surface area contributed by atoms with Crippen LogP contribution in [-0.2, 0) is 0 Å². The summed E-state index contributed by atoms with van der Waals surface area (Å²) in [6, 6.07) is 7.48. The molecule has 0 spiro atoms. The van der Waals surface area contributed by atoms with E-state index in [0.29, 0.717) is 6.04 Å². The molecule has 1 heterocycles. The molecule has 0 radical (unpaired) electrons. The number of aryl methyl sites for hydroxylation is 2. The van der Waals surface area contributed by atoms with E-state index in [1.54, 1.807) is 0 Å². The van der Waals surface area contributed by atoms with Crippen LogP contribution in [0.3, 0.4) is 0 Å². The molecule has 94 valence electrons. The Labute approximate surface area is 109 Å². The minimum absolute atomic E-state index is 0.550. The molecule has 0 amide bonds. The first-order chi connectivity index (χ1) is 8.22. The van der Waals surface area contributed by atoms with Crippen molar-refractivity contribution in [1.29, 1.82) is 0 Å². The van der Waals surface area contributed by atoms with Gasteiger partial charge in [-0.2, -0.15) is 11.8 Å². The molecule has 1 saturated heterocycles. The average Bonchev–Trinajstić information content (AvgIpc) is 2.83. The lowest BCUT2D eigenvalue weighted by atomic mass is 9.90. The predicted molar refractivity (Wildman–Crippen MR) is 77.8 cm³/mol. The fraction of sp³-hybridized carbons (Fsp3) is 0.600. The first kappa shape index (κ1) is 13.0. The van der Waals surface area contributed by atoms with Crippen LogP contribution in [-0.4, -0.2) is 18.1 Å². The molecule has 1 fully saturated rings. The summed E-state index contributed by atoms with van der Waals surface area (Å²) in [5, 5.41) is 3.67. The standard InChI is InChI=1S/C15H23NS/c1-4-16-15(14-7-8-17-10-14)13-6-5-11(2)12(3)9-13/h5-6,9,14-16H,4,7-8,10H2,1-3H3. The van der Waals surface area contributed by atoms with Crippen LogP contribution in [0.1, 0.15) is 36.1 Å². The zero-order chi connectivity index (χ0) is 12.3. The van der Waals surface area contributed by atoms with Crippen LogP contribution in [0.5, 0.6) is 0 Å². The fourth-order valence-corrected chi connectivity index (χ4v) is 3.85. The van der Waals surface area contributed by atoms with Crippen molar-refractivity contribution in [2.24, 2.45) is 5.92 Å². The van der Waals surface area contributed by atoms with Crippen LogP contribution in [0.15, 0.2) is 18.2 Å². The third kappa shape index (κ3) is 3.05. The van der Waals surface area contributed by atoms with Crippen molar-refractivity contribution in [3.05, 3.63) is 34.9 Å². The molecular weight excluding hydrogens is 226 g/mol. The van der Waals surface area contributed by atoms with Gasteiger partial charge in [0, 0.05) is 6.04 Å². The van der Waals surface area contributed by atoms with Crippen molar-refractivity contribution in [3.63, 3.8) is 0 Å². The summed E-state index contributed by atoms with van der Waals surface area (Å²) < 4.78 is 0. The van der Waals surface area contributed by atoms with Crippen molar-refractivity contribution in [2.75, 3.05) is 18.1 Å². The highest BCUT2D eigenvalue weighted by Gasteiger charge is 2.26. The smallest absolute Gasteiger partial charge is 0.0356 e. The van der Waals surface area contributed by atoms with Crippen molar-refractivity contribution in [2.45, 2.75) is 33.2 Å². The van der Waals surface area contributed by atoms with E-state index in [0.717, 1.165) is 12.5 Å². The second-order valence-electron chi connectivity index (χ2n) is 5.00. The lowest BCUT2D eigenvalue weighted by Crippen LogP contribution is -2.28. The Bertz CT molecular complexity index is 369. The van der Waals surface area contributed by atoms with Crippen molar-refractivity contribution < 1.29 is 0 Å². The Morgan fingerprint density at radius 1 is 1.35 bits per heavy atom. The van der Waals surface area contributed by atoms with Gasteiger partial charge >= 0.3 is 0 Å². The summed E-state index contributed by atoms with van der Waals surface area (Å²) in [4.78, 5) is 0. The first-order valence-electron chi connectivity index (χ1n) is 6.60. The molecule has 2 rings (SSSR count). The largest absolute Gasteiger partial charge is 0.310 e. The van der Waals surface area contributed by atoms with Crippen molar-refractivity contribution >= 4 is 11.8 Å². The van der Waals surface area contributed by atoms with Gasteiger partial charge in [-0.25, -0.2) is 0 Å². The van der Waals surface area contributed by atoms with Gasteiger partial charge in [0.15, 0.2) is 0 Å². The molecule has 1 aromatic carbocycles. The molecule has 17 heavy (non-hydrogen) atoms. The van der Waals surface area contributed by atoms with Gasteiger partial charge in [0.2, 0.25) is 0 Å². The SMILES string of the molecule is CCNC(c1ccc(C)c(C)c1)C1CCSC1. The predicted octanol–water partition coefficient (Wildman–Crippen LogP) is 3.71. The van der Waals surface area contributed by atoms with Crippen LogP contribution < -0.4 is 5.32 Å². The maximum absolute atomic E-state index is 3.67. The number of hydrogen-bond donors (Lipinski definition) is 1. The number of rotatable bonds is 4. The van der Waals surface area contributed by atoms with Crippen molar-refractivity contribution in [3.8, 4) is 0 Å². The van der Waals surface area contributed by atoms with Crippen LogP contribution in [0, 0.1) is 19.8 Å². The summed E-state index contributed by atoms with van der Waals surface area (Å²) in [6.45, 7) is 7.66. The van der Waals surface area contributed by atoms with Gasteiger partial charge in [-0.3, -0.25) is 0 Å². The lowest BCUT2D eigenvalue weighted by molar-refractivity contribution is 0.401. The normalized spacial score (nSPS) is 21.7. The summed E-state index contributed by atoms with van der Waals surface area (Å²) in [7, 11) is 0. The van der Waals surface area contributed by atoms with E-state index in [2.05, 4.69) is 56.0 Å². The highest BCUT2D eigenvalue weighted by Crippen LogP contribution is 2.34. The molecule has 0 bridgehead atoms. The molecule has 2 heteroatoms. The minimum atomic E-state index is 0.550. The van der Waals surface area contributed by atoms with E-state index in [4.69, 9.17) is 0 Å². The van der Waals surface area contributed by atoms with E-state index in [-0.39, 0.29) is 0 Å². The van der Waals surface area contributed by atoms with E-state index in [1.807, 2.05) is 0 Å². The van der Waals surface area contributed by atoms with Crippen LogP contribution in [0.25, 0.3) is 0 Å². The quantitative estimate of drug-likeness (QED) is 0.873. The molecular formula is C15H23NS. The third-order valence-corrected chi connectivity index (χ3v) is 4.94. The topological polar surface area (TPSA) is 12.0 Å². The Morgan fingerprint density at radius 2 is 2.18 bits per heavy atom. The van der Waals surface area contributed by atoms with E-state index >= 15 is 0 Å². The molecule has 1 nitrogen and oxygen atoms in total. The minimum Gasteiger partial charge on any atom is -0.310 e. The Hall–Kier alpha value is -0.470. The van der Waals surface area contributed by atoms with E-state index < -0.39 is 0 Å². The van der Waals surface area contributed by atoms with Gasteiger partial charge in [0.1, 0.15) is 0 Å². The maximum atomic E-state index is 3.67.